The number of aromatic nitrogens is 4. The van der Waals surface area contributed by atoms with Crippen LogP contribution in [0.25, 0.3) is 22.4 Å². The molecule has 11 heteroatoms. The van der Waals surface area contributed by atoms with Crippen molar-refractivity contribution in [2.75, 3.05) is 11.9 Å². The molecule has 0 aliphatic carbocycles. The summed E-state index contributed by atoms with van der Waals surface area (Å²) in [6.07, 6.45) is -1.28. The second kappa shape index (κ2) is 7.75. The fourth-order valence-corrected chi connectivity index (χ4v) is 2.95. The van der Waals surface area contributed by atoms with Crippen molar-refractivity contribution in [3.63, 3.8) is 0 Å². The molecule has 0 aliphatic rings. The summed E-state index contributed by atoms with van der Waals surface area (Å²) in [5.41, 5.74) is 1.24. The normalized spacial score (nSPS) is 12.3. The van der Waals surface area contributed by atoms with E-state index in [1.54, 1.807) is 26.1 Å². The van der Waals surface area contributed by atoms with Crippen molar-refractivity contribution in [1.82, 2.24) is 25.3 Å². The van der Waals surface area contributed by atoms with Gasteiger partial charge in [0.25, 0.3) is 0 Å². The lowest BCUT2D eigenvalue weighted by molar-refractivity contribution is -0.140. The van der Waals surface area contributed by atoms with E-state index in [1.807, 2.05) is 5.32 Å². The Morgan fingerprint density at radius 2 is 1.93 bits per heavy atom. The predicted octanol–water partition coefficient (Wildman–Crippen LogP) is 4.16. The van der Waals surface area contributed by atoms with E-state index in [0.717, 1.165) is 5.39 Å². The zero-order chi connectivity index (χ0) is 22.3. The highest BCUT2D eigenvalue weighted by Crippen LogP contribution is 2.30. The molecule has 3 N–H and O–H groups in total. The SMILES string of the molecule is Cc1nc(-c2c[nH]c3ncc(Cl)cc23)nc(NC(C)(C)C(=O)NCC(F)(F)F)c1C. The molecule has 1 amide bonds. The van der Waals surface area contributed by atoms with E-state index < -0.39 is 24.2 Å². The number of fused-ring (bicyclic) bond motifs is 1. The van der Waals surface area contributed by atoms with Crippen LogP contribution in [0.4, 0.5) is 19.0 Å². The van der Waals surface area contributed by atoms with Crippen molar-refractivity contribution >= 4 is 34.4 Å². The molecule has 0 fully saturated rings. The number of aryl methyl sites for hydroxylation is 1. The number of rotatable bonds is 5. The van der Waals surface area contributed by atoms with Gasteiger partial charge >= 0.3 is 6.18 Å². The highest BCUT2D eigenvalue weighted by molar-refractivity contribution is 6.31. The molecule has 0 unspecified atom stereocenters. The van der Waals surface area contributed by atoms with E-state index in [-0.39, 0.29) is 0 Å². The summed E-state index contributed by atoms with van der Waals surface area (Å²) >= 11 is 6.05. The van der Waals surface area contributed by atoms with Crippen molar-refractivity contribution in [2.45, 2.75) is 39.4 Å². The Morgan fingerprint density at radius 3 is 2.60 bits per heavy atom. The molecule has 0 aromatic carbocycles. The van der Waals surface area contributed by atoms with Gasteiger partial charge in [0, 0.05) is 34.6 Å². The van der Waals surface area contributed by atoms with Gasteiger partial charge in [0.2, 0.25) is 5.91 Å². The van der Waals surface area contributed by atoms with Gasteiger partial charge in [0.1, 0.15) is 23.5 Å². The Kier molecular flexibility index (Phi) is 5.64. The maximum Gasteiger partial charge on any atom is 0.405 e. The molecule has 0 saturated heterocycles. The first-order valence-corrected chi connectivity index (χ1v) is 9.36. The number of carbonyl (C=O) groups is 1. The number of hydrogen-bond acceptors (Lipinski definition) is 5. The summed E-state index contributed by atoms with van der Waals surface area (Å²) in [4.78, 5) is 28.6. The van der Waals surface area contributed by atoms with Gasteiger partial charge in [-0.1, -0.05) is 11.6 Å². The number of aromatic amines is 1. The molecule has 3 aromatic rings. The second-order valence-corrected chi connectivity index (χ2v) is 7.84. The molecule has 3 aromatic heterocycles. The van der Waals surface area contributed by atoms with Crippen LogP contribution in [0.15, 0.2) is 18.5 Å². The van der Waals surface area contributed by atoms with Crippen molar-refractivity contribution in [2.24, 2.45) is 0 Å². The fraction of sp³-hybridized carbons (Fsp3) is 0.368. The van der Waals surface area contributed by atoms with Crippen LogP contribution in [-0.4, -0.2) is 44.1 Å². The molecule has 30 heavy (non-hydrogen) atoms. The standard InChI is InChI=1S/C19H20ClF3N6O/c1-9-10(2)27-16(13-7-25-15-12(13)5-11(20)6-24-15)28-14(9)29-18(3,4)17(30)26-8-19(21,22)23/h5-7H,8H2,1-4H3,(H,24,25)(H,26,30)(H,27,28,29). The number of halogens is 4. The number of nitrogens with zero attached hydrogens (tertiary/aromatic N) is 3. The third-order valence-electron chi connectivity index (χ3n) is 4.58. The zero-order valence-corrected chi connectivity index (χ0v) is 17.5. The molecule has 160 valence electrons. The van der Waals surface area contributed by atoms with Crippen LogP contribution in [0.1, 0.15) is 25.1 Å². The lowest BCUT2D eigenvalue weighted by atomic mass is 10.0. The molecular weight excluding hydrogens is 421 g/mol. The Hall–Kier alpha value is -2.88. The van der Waals surface area contributed by atoms with Gasteiger partial charge in [0.15, 0.2) is 5.82 Å². The molecule has 0 aliphatic heterocycles. The minimum absolute atomic E-state index is 0.342. The molecular formula is C19H20ClF3N6O. The van der Waals surface area contributed by atoms with Crippen LogP contribution in [0.5, 0.6) is 0 Å². The third kappa shape index (κ3) is 4.64. The fourth-order valence-electron chi connectivity index (χ4n) is 2.79. The zero-order valence-electron chi connectivity index (χ0n) is 16.7. The highest BCUT2D eigenvalue weighted by atomic mass is 35.5. The lowest BCUT2D eigenvalue weighted by Crippen LogP contribution is -2.50. The van der Waals surface area contributed by atoms with Crippen LogP contribution in [0.3, 0.4) is 0 Å². The number of hydrogen-bond donors (Lipinski definition) is 3. The molecule has 0 atom stereocenters. The van der Waals surface area contributed by atoms with Gasteiger partial charge in [-0.05, 0) is 33.8 Å². The number of anilines is 1. The summed E-state index contributed by atoms with van der Waals surface area (Å²) in [7, 11) is 0. The number of amides is 1. The predicted molar refractivity (Wildman–Crippen MR) is 108 cm³/mol. The number of carbonyl (C=O) groups excluding carboxylic acids is 1. The molecule has 0 radical (unpaired) electrons. The Morgan fingerprint density at radius 1 is 1.23 bits per heavy atom. The summed E-state index contributed by atoms with van der Waals surface area (Å²) in [5.74, 6) is -0.100. The molecule has 0 saturated carbocycles. The minimum Gasteiger partial charge on any atom is -0.356 e. The van der Waals surface area contributed by atoms with E-state index in [4.69, 9.17) is 11.6 Å². The van der Waals surface area contributed by atoms with Crippen LogP contribution < -0.4 is 10.6 Å². The smallest absolute Gasteiger partial charge is 0.356 e. The van der Waals surface area contributed by atoms with E-state index in [9.17, 15) is 18.0 Å². The van der Waals surface area contributed by atoms with Crippen molar-refractivity contribution < 1.29 is 18.0 Å². The minimum atomic E-state index is -4.50. The number of nitrogens with one attached hydrogen (secondary N) is 3. The molecule has 0 bridgehead atoms. The quantitative estimate of drug-likeness (QED) is 0.553. The van der Waals surface area contributed by atoms with E-state index in [2.05, 4.69) is 25.3 Å². The monoisotopic (exact) mass is 440 g/mol. The molecule has 3 rings (SSSR count). The third-order valence-corrected chi connectivity index (χ3v) is 4.78. The summed E-state index contributed by atoms with van der Waals surface area (Å²) in [6, 6.07) is 1.73. The van der Waals surface area contributed by atoms with Crippen molar-refractivity contribution in [1.29, 1.82) is 0 Å². The van der Waals surface area contributed by atoms with Crippen LogP contribution >= 0.6 is 11.6 Å². The number of alkyl halides is 3. The van der Waals surface area contributed by atoms with Gasteiger partial charge in [-0.15, -0.1) is 0 Å². The maximum atomic E-state index is 12.4. The number of pyridine rings is 1. The average molecular weight is 441 g/mol. The number of H-pyrrole nitrogens is 1. The molecule has 3 heterocycles. The van der Waals surface area contributed by atoms with Crippen LogP contribution in [-0.2, 0) is 4.79 Å². The largest absolute Gasteiger partial charge is 0.405 e. The molecule has 7 nitrogen and oxygen atoms in total. The van der Waals surface area contributed by atoms with Gasteiger partial charge < -0.3 is 15.6 Å². The van der Waals surface area contributed by atoms with Crippen molar-refractivity contribution in [3.05, 3.63) is 34.7 Å². The van der Waals surface area contributed by atoms with Crippen LogP contribution in [0, 0.1) is 13.8 Å². The first-order valence-electron chi connectivity index (χ1n) is 8.99. The lowest BCUT2D eigenvalue weighted by Gasteiger charge is -2.27. The summed E-state index contributed by atoms with van der Waals surface area (Å²) < 4.78 is 37.3. The van der Waals surface area contributed by atoms with E-state index in [0.29, 0.717) is 39.1 Å². The Labute approximate surface area is 175 Å². The van der Waals surface area contributed by atoms with Gasteiger partial charge in [-0.2, -0.15) is 13.2 Å². The highest BCUT2D eigenvalue weighted by Gasteiger charge is 2.33. The second-order valence-electron chi connectivity index (χ2n) is 7.41. The summed E-state index contributed by atoms with van der Waals surface area (Å²) in [5, 5.41) is 6.01. The topological polar surface area (TPSA) is 95.6 Å². The Balaban J connectivity index is 1.95. The van der Waals surface area contributed by atoms with E-state index in [1.165, 1.54) is 20.0 Å². The van der Waals surface area contributed by atoms with Crippen molar-refractivity contribution in [3.8, 4) is 11.4 Å². The van der Waals surface area contributed by atoms with Gasteiger partial charge in [-0.3, -0.25) is 4.79 Å². The average Bonchev–Trinajstić information content (AvgIpc) is 3.05. The van der Waals surface area contributed by atoms with E-state index >= 15 is 0 Å². The van der Waals surface area contributed by atoms with Crippen LogP contribution in [0.2, 0.25) is 5.02 Å². The molecule has 0 spiro atoms. The maximum absolute atomic E-state index is 12.4. The van der Waals surface area contributed by atoms with Gasteiger partial charge in [-0.25, -0.2) is 15.0 Å². The Bertz CT molecular complexity index is 1110. The summed E-state index contributed by atoms with van der Waals surface area (Å²) in [6.45, 7) is 5.09. The first kappa shape index (κ1) is 21.8. The first-order chi connectivity index (χ1) is 13.9. The van der Waals surface area contributed by atoms with Gasteiger partial charge in [0.05, 0.1) is 5.02 Å².